The lowest BCUT2D eigenvalue weighted by atomic mass is 9.81. The summed E-state index contributed by atoms with van der Waals surface area (Å²) < 4.78 is 17.2. The fraction of sp³-hybridized carbons (Fsp3) is 0.727. The molecule has 0 spiro atoms. The third kappa shape index (κ3) is 4.73. The number of carbonyl (C=O) groups excluding carboxylic acids is 2. The number of esters is 2. The van der Waals surface area contributed by atoms with Crippen molar-refractivity contribution < 1.29 is 33.9 Å². The van der Waals surface area contributed by atoms with E-state index in [1.807, 2.05) is 13.8 Å². The normalized spacial score (nSPS) is 41.0. The summed E-state index contributed by atoms with van der Waals surface area (Å²) in [5.74, 6) is -1.12. The first-order valence-corrected chi connectivity index (χ1v) is 10.4. The lowest BCUT2D eigenvalue weighted by molar-refractivity contribution is -0.270. The van der Waals surface area contributed by atoms with Gasteiger partial charge in [-0.25, -0.2) is 9.68 Å². The van der Waals surface area contributed by atoms with Crippen LogP contribution in [0.25, 0.3) is 0 Å². The number of epoxide rings is 1. The highest BCUT2D eigenvalue weighted by Crippen LogP contribution is 2.48. The Labute approximate surface area is 172 Å². The van der Waals surface area contributed by atoms with E-state index in [1.165, 1.54) is 6.92 Å². The van der Waals surface area contributed by atoms with Gasteiger partial charge < -0.3 is 14.2 Å². The highest BCUT2D eigenvalue weighted by atomic mass is 17.1. The van der Waals surface area contributed by atoms with Crippen molar-refractivity contribution in [2.75, 3.05) is 0 Å². The molecule has 0 unspecified atom stereocenters. The molecule has 0 radical (unpaired) electrons. The van der Waals surface area contributed by atoms with Gasteiger partial charge in [0, 0.05) is 18.4 Å². The molecule has 2 saturated heterocycles. The topological polar surface area (TPSA) is 94.6 Å². The van der Waals surface area contributed by atoms with Gasteiger partial charge in [0.2, 0.25) is 0 Å². The van der Waals surface area contributed by atoms with Gasteiger partial charge in [0.15, 0.2) is 0 Å². The Kier molecular flexibility index (Phi) is 6.51. The van der Waals surface area contributed by atoms with Crippen molar-refractivity contribution in [2.45, 2.75) is 89.3 Å². The van der Waals surface area contributed by atoms with Crippen molar-refractivity contribution in [1.82, 2.24) is 0 Å². The van der Waals surface area contributed by atoms with E-state index in [9.17, 15) is 14.8 Å². The van der Waals surface area contributed by atoms with Crippen LogP contribution in [0, 0.1) is 11.8 Å². The Bertz CT molecular complexity index is 687. The first kappa shape index (κ1) is 22.0. The maximum absolute atomic E-state index is 12.3. The summed E-state index contributed by atoms with van der Waals surface area (Å²) in [5, 5.41) is 9.31. The summed E-state index contributed by atoms with van der Waals surface area (Å²) in [6.07, 6.45) is 2.51. The number of ether oxygens (including phenoxy) is 3. The molecule has 0 amide bonds. The summed E-state index contributed by atoms with van der Waals surface area (Å²) in [4.78, 5) is 28.7. The van der Waals surface area contributed by atoms with Crippen molar-refractivity contribution in [1.29, 1.82) is 0 Å². The second-order valence-corrected chi connectivity index (χ2v) is 8.89. The van der Waals surface area contributed by atoms with Gasteiger partial charge in [0.1, 0.15) is 18.3 Å². The van der Waals surface area contributed by atoms with Crippen LogP contribution in [0.4, 0.5) is 0 Å². The van der Waals surface area contributed by atoms with Crippen LogP contribution in [0.5, 0.6) is 0 Å². The summed E-state index contributed by atoms with van der Waals surface area (Å²) in [5.41, 5.74) is 0.884. The van der Waals surface area contributed by atoms with Gasteiger partial charge in [-0.05, 0) is 56.9 Å². The molecular weight excluding hydrogens is 376 g/mol. The first-order chi connectivity index (χ1) is 13.7. The number of hydrogen-bond donors (Lipinski definition) is 1. The fourth-order valence-corrected chi connectivity index (χ4v) is 4.67. The minimum Gasteiger partial charge on any atom is -0.458 e. The van der Waals surface area contributed by atoms with Crippen LogP contribution in [0.2, 0.25) is 0 Å². The van der Waals surface area contributed by atoms with Crippen LogP contribution < -0.4 is 0 Å². The van der Waals surface area contributed by atoms with Gasteiger partial charge in [-0.15, -0.1) is 0 Å². The van der Waals surface area contributed by atoms with E-state index in [-0.39, 0.29) is 23.5 Å². The molecule has 3 aliphatic rings. The lowest BCUT2D eigenvalue weighted by Crippen LogP contribution is -2.40. The molecule has 7 nitrogen and oxygen atoms in total. The zero-order valence-electron chi connectivity index (χ0n) is 17.5. The number of hydrogen-bond acceptors (Lipinski definition) is 7. The van der Waals surface area contributed by atoms with E-state index in [2.05, 4.69) is 18.0 Å². The van der Waals surface area contributed by atoms with Crippen molar-refractivity contribution >= 4 is 11.9 Å². The van der Waals surface area contributed by atoms with Crippen LogP contribution in [0.3, 0.4) is 0 Å². The minimum atomic E-state index is -0.554. The average molecular weight is 408 g/mol. The predicted octanol–water partition coefficient (Wildman–Crippen LogP) is 3.58. The average Bonchev–Trinajstić information content (AvgIpc) is 3.21. The zero-order valence-corrected chi connectivity index (χ0v) is 17.5. The maximum Gasteiger partial charge on any atom is 0.334 e. The molecule has 7 heteroatoms. The molecule has 0 aromatic carbocycles. The van der Waals surface area contributed by atoms with Gasteiger partial charge in [-0.1, -0.05) is 20.1 Å². The standard InChI is InChI=1S/C22H32O7/c1-12-7-6-8-13(2)19(26-15(4)23)20-16(14(3)21(24)27-20)11-18-22(5,28-18)10-9-17(12)29-25/h13,16-20,25H,1,3,6-11H2,2,4-5H3/t13-,16-,17+,18+,19+,20+,22+/m0/s1. The molecule has 3 rings (SSSR count). The second-order valence-electron chi connectivity index (χ2n) is 8.89. The number of rotatable bonds is 2. The Hall–Kier alpha value is -1.70. The molecule has 3 fully saturated rings. The Morgan fingerprint density at radius 3 is 2.69 bits per heavy atom. The van der Waals surface area contributed by atoms with Gasteiger partial charge in [-0.3, -0.25) is 10.1 Å². The molecule has 1 aliphatic carbocycles. The van der Waals surface area contributed by atoms with E-state index < -0.39 is 30.3 Å². The molecule has 7 atom stereocenters. The summed E-state index contributed by atoms with van der Waals surface area (Å²) >= 11 is 0. The third-order valence-corrected chi connectivity index (χ3v) is 6.68. The van der Waals surface area contributed by atoms with Gasteiger partial charge in [0.05, 0.1) is 11.7 Å². The van der Waals surface area contributed by atoms with Gasteiger partial charge in [-0.2, -0.15) is 0 Å². The Morgan fingerprint density at radius 2 is 2.03 bits per heavy atom. The quantitative estimate of drug-likeness (QED) is 0.186. The molecule has 0 aromatic rings. The molecule has 2 heterocycles. The Balaban J connectivity index is 1.86. The van der Waals surface area contributed by atoms with Crippen LogP contribution in [-0.2, 0) is 28.7 Å². The summed E-state index contributed by atoms with van der Waals surface area (Å²) in [6, 6.07) is 0. The summed E-state index contributed by atoms with van der Waals surface area (Å²) in [7, 11) is 0. The highest BCUT2D eigenvalue weighted by Gasteiger charge is 2.56. The number of carbonyl (C=O) groups is 2. The molecule has 29 heavy (non-hydrogen) atoms. The first-order valence-electron chi connectivity index (χ1n) is 10.4. The van der Waals surface area contributed by atoms with Crippen molar-refractivity contribution in [3.8, 4) is 0 Å². The number of fused-ring (bicyclic) bond motifs is 2. The molecule has 162 valence electrons. The SMILES string of the molecule is C=C1CCC[C@H](C)[C@@H](OC(C)=O)[C@@H]2OC(=O)C(=C)[C@@H]2C[C@H]2O[C@]2(C)CC[C@H]1OO. The third-order valence-electron chi connectivity index (χ3n) is 6.68. The van der Waals surface area contributed by atoms with Crippen LogP contribution in [-0.4, -0.2) is 47.2 Å². The van der Waals surface area contributed by atoms with Crippen LogP contribution in [0.15, 0.2) is 24.3 Å². The molecule has 1 saturated carbocycles. The van der Waals surface area contributed by atoms with Crippen molar-refractivity contribution in [3.63, 3.8) is 0 Å². The summed E-state index contributed by atoms with van der Waals surface area (Å²) in [6.45, 7) is 13.4. The fourth-order valence-electron chi connectivity index (χ4n) is 4.67. The van der Waals surface area contributed by atoms with E-state index in [0.717, 1.165) is 18.4 Å². The maximum atomic E-state index is 12.3. The molecule has 0 aromatic heterocycles. The van der Waals surface area contributed by atoms with E-state index in [4.69, 9.17) is 14.2 Å². The molecule has 0 bridgehead atoms. The predicted molar refractivity (Wildman–Crippen MR) is 105 cm³/mol. The van der Waals surface area contributed by atoms with E-state index in [0.29, 0.717) is 31.3 Å². The molecule has 1 N–H and O–H groups in total. The van der Waals surface area contributed by atoms with Gasteiger partial charge >= 0.3 is 11.9 Å². The smallest absolute Gasteiger partial charge is 0.334 e. The van der Waals surface area contributed by atoms with Crippen molar-refractivity contribution in [3.05, 3.63) is 24.3 Å². The zero-order chi connectivity index (χ0) is 21.3. The molecular formula is C22H32O7. The highest BCUT2D eigenvalue weighted by molar-refractivity contribution is 5.91. The second kappa shape index (κ2) is 8.58. The lowest BCUT2D eigenvalue weighted by Gasteiger charge is -2.31. The minimum absolute atomic E-state index is 0.0270. The largest absolute Gasteiger partial charge is 0.458 e. The molecule has 2 aliphatic heterocycles. The monoisotopic (exact) mass is 408 g/mol. The Morgan fingerprint density at radius 1 is 1.31 bits per heavy atom. The van der Waals surface area contributed by atoms with Crippen LogP contribution in [0.1, 0.15) is 59.3 Å². The van der Waals surface area contributed by atoms with Crippen LogP contribution >= 0.6 is 0 Å². The van der Waals surface area contributed by atoms with Gasteiger partial charge in [0.25, 0.3) is 0 Å². The van der Waals surface area contributed by atoms with Crippen molar-refractivity contribution in [2.24, 2.45) is 11.8 Å². The van der Waals surface area contributed by atoms with E-state index in [1.54, 1.807) is 0 Å². The van der Waals surface area contributed by atoms with E-state index >= 15 is 0 Å².